The van der Waals surface area contributed by atoms with Crippen LogP contribution in [-0.2, 0) is 23.1 Å². The van der Waals surface area contributed by atoms with E-state index in [-0.39, 0.29) is 6.04 Å². The lowest BCUT2D eigenvalue weighted by Gasteiger charge is -2.36. The van der Waals surface area contributed by atoms with E-state index in [0.29, 0.717) is 11.4 Å². The first-order valence-electron chi connectivity index (χ1n) is 13.7. The van der Waals surface area contributed by atoms with Crippen LogP contribution in [0.2, 0.25) is 0 Å². The number of likely N-dealkylation sites (tertiary alicyclic amines) is 1. The summed E-state index contributed by atoms with van der Waals surface area (Å²) in [5.74, 6) is 0. The first-order chi connectivity index (χ1) is 18.2. The van der Waals surface area contributed by atoms with Gasteiger partial charge in [-0.3, -0.25) is 0 Å². The average molecular weight is 528 g/mol. The predicted molar refractivity (Wildman–Crippen MR) is 156 cm³/mol. The fourth-order valence-electron chi connectivity index (χ4n) is 6.15. The molecule has 1 saturated heterocycles. The highest BCUT2D eigenvalue weighted by molar-refractivity contribution is 7.89. The highest BCUT2D eigenvalue weighted by Gasteiger charge is 2.35. The molecule has 0 amide bonds. The van der Waals surface area contributed by atoms with Gasteiger partial charge in [-0.1, -0.05) is 89.0 Å². The van der Waals surface area contributed by atoms with Gasteiger partial charge in [0.15, 0.2) is 0 Å². The highest BCUT2D eigenvalue weighted by atomic mass is 32.2. The maximum absolute atomic E-state index is 14.2. The third kappa shape index (κ3) is 6.01. The molecule has 0 saturated carbocycles. The minimum atomic E-state index is -3.68. The van der Waals surface area contributed by atoms with Gasteiger partial charge in [-0.05, 0) is 56.2 Å². The number of sulfonamides is 1. The van der Waals surface area contributed by atoms with Gasteiger partial charge in [-0.15, -0.1) is 0 Å². The SMILES string of the molecule is Cc1cc(C)cc(CN(C2CC[NH+](Cc3cc(C)cc(C)c3)CC2)S(=O)(=O)c2ccc3ccccc3c2)c1. The van der Waals surface area contributed by atoms with E-state index in [9.17, 15) is 8.42 Å². The van der Waals surface area contributed by atoms with Crippen LogP contribution >= 0.6 is 0 Å². The van der Waals surface area contributed by atoms with E-state index in [1.165, 1.54) is 21.6 Å². The number of benzene rings is 4. The Balaban J connectivity index is 1.41. The lowest BCUT2D eigenvalue weighted by Crippen LogP contribution is -3.12. The smallest absolute Gasteiger partial charge is 0.243 e. The number of hydrogen-bond acceptors (Lipinski definition) is 2. The molecule has 0 atom stereocenters. The molecule has 1 aliphatic rings. The summed E-state index contributed by atoms with van der Waals surface area (Å²) < 4.78 is 30.2. The van der Waals surface area contributed by atoms with Gasteiger partial charge in [0.25, 0.3) is 0 Å². The third-order valence-electron chi connectivity index (χ3n) is 7.75. The topological polar surface area (TPSA) is 41.8 Å². The number of quaternary nitrogens is 1. The fourth-order valence-corrected chi connectivity index (χ4v) is 7.86. The van der Waals surface area contributed by atoms with Crippen molar-refractivity contribution in [2.75, 3.05) is 13.1 Å². The predicted octanol–water partition coefficient (Wildman–Crippen LogP) is 5.51. The Labute approximate surface area is 228 Å². The largest absolute Gasteiger partial charge is 0.331 e. The zero-order valence-corrected chi connectivity index (χ0v) is 23.8. The second-order valence-electron chi connectivity index (χ2n) is 11.2. The Bertz CT molecular complexity index is 1510. The molecule has 4 aromatic carbocycles. The molecule has 198 valence electrons. The second-order valence-corrected chi connectivity index (χ2v) is 13.1. The van der Waals surface area contributed by atoms with Crippen LogP contribution in [0.15, 0.2) is 83.8 Å². The first-order valence-corrected chi connectivity index (χ1v) is 15.1. The maximum atomic E-state index is 14.2. The molecule has 5 rings (SSSR count). The third-order valence-corrected chi connectivity index (χ3v) is 9.65. The Hall–Kier alpha value is -2.99. The summed E-state index contributed by atoms with van der Waals surface area (Å²) in [7, 11) is -3.68. The van der Waals surface area contributed by atoms with E-state index in [1.54, 1.807) is 10.4 Å². The van der Waals surface area contributed by atoms with E-state index < -0.39 is 10.0 Å². The quantitative estimate of drug-likeness (QED) is 0.344. The maximum Gasteiger partial charge on any atom is 0.243 e. The standard InChI is InChI=1S/C33H38N2O2S/c1-24-15-25(2)18-28(17-24)22-34-13-11-32(12-14-34)35(23-29-19-26(3)16-27(4)20-29)38(36,37)33-10-9-30-7-5-6-8-31(30)21-33/h5-10,15-21,32H,11-14,22-23H2,1-4H3/p+1. The van der Waals surface area contributed by atoms with Crippen LogP contribution in [-0.4, -0.2) is 31.9 Å². The molecule has 1 aliphatic heterocycles. The second kappa shape index (κ2) is 11.0. The van der Waals surface area contributed by atoms with Crippen LogP contribution in [0.25, 0.3) is 10.8 Å². The molecule has 1 fully saturated rings. The minimum absolute atomic E-state index is 0.0183. The van der Waals surface area contributed by atoms with Crippen molar-refractivity contribution in [3.05, 3.63) is 112 Å². The van der Waals surface area contributed by atoms with Crippen molar-refractivity contribution in [3.8, 4) is 0 Å². The minimum Gasteiger partial charge on any atom is -0.331 e. The lowest BCUT2D eigenvalue weighted by atomic mass is 10.0. The first kappa shape index (κ1) is 26.6. The fraction of sp³-hybridized carbons (Fsp3) is 0.333. The van der Waals surface area contributed by atoms with E-state index in [4.69, 9.17) is 0 Å². The molecule has 0 spiro atoms. The van der Waals surface area contributed by atoms with Crippen LogP contribution < -0.4 is 4.90 Å². The summed E-state index contributed by atoms with van der Waals surface area (Å²) in [5, 5.41) is 2.00. The van der Waals surface area contributed by atoms with Gasteiger partial charge >= 0.3 is 0 Å². The van der Waals surface area contributed by atoms with Gasteiger partial charge < -0.3 is 4.90 Å². The summed E-state index contributed by atoms with van der Waals surface area (Å²) in [6.07, 6.45) is 1.72. The normalized spacial score (nSPS) is 18.2. The molecular formula is C33H39N2O2S+. The number of fused-ring (bicyclic) bond motifs is 1. The number of rotatable bonds is 7. The molecule has 0 radical (unpaired) electrons. The molecule has 0 aromatic heterocycles. The van der Waals surface area contributed by atoms with Gasteiger partial charge in [-0.25, -0.2) is 8.42 Å². The molecule has 1 heterocycles. The van der Waals surface area contributed by atoms with Crippen LogP contribution in [0.1, 0.15) is 46.2 Å². The Morgan fingerprint density at radius 3 is 1.87 bits per heavy atom. The molecule has 0 bridgehead atoms. The van der Waals surface area contributed by atoms with E-state index in [1.807, 2.05) is 36.4 Å². The number of piperidine rings is 1. The molecule has 38 heavy (non-hydrogen) atoms. The molecule has 1 N–H and O–H groups in total. The number of aryl methyl sites for hydroxylation is 4. The number of nitrogens with one attached hydrogen (secondary N) is 1. The van der Waals surface area contributed by atoms with E-state index in [0.717, 1.165) is 59.9 Å². The van der Waals surface area contributed by atoms with Crippen molar-refractivity contribution in [1.82, 2.24) is 4.31 Å². The van der Waals surface area contributed by atoms with Crippen LogP contribution in [0.5, 0.6) is 0 Å². The van der Waals surface area contributed by atoms with Crippen molar-refractivity contribution >= 4 is 20.8 Å². The molecule has 0 aliphatic carbocycles. The monoisotopic (exact) mass is 527 g/mol. The van der Waals surface area contributed by atoms with Gasteiger partial charge in [0, 0.05) is 31.0 Å². The van der Waals surface area contributed by atoms with E-state index >= 15 is 0 Å². The van der Waals surface area contributed by atoms with Crippen LogP contribution in [0, 0.1) is 27.7 Å². The Kier molecular flexibility index (Phi) is 7.71. The zero-order chi connectivity index (χ0) is 26.9. The number of nitrogens with zero attached hydrogens (tertiary/aromatic N) is 1. The summed E-state index contributed by atoms with van der Waals surface area (Å²) in [6, 6.07) is 26.6. The molecule has 4 nitrogen and oxygen atoms in total. The number of hydrogen-bond donors (Lipinski definition) is 1. The zero-order valence-electron chi connectivity index (χ0n) is 23.0. The van der Waals surface area contributed by atoms with Gasteiger partial charge in [0.05, 0.1) is 18.0 Å². The van der Waals surface area contributed by atoms with Crippen molar-refractivity contribution in [2.45, 2.75) is 64.6 Å². The van der Waals surface area contributed by atoms with Crippen molar-refractivity contribution in [2.24, 2.45) is 0 Å². The molecular weight excluding hydrogens is 488 g/mol. The van der Waals surface area contributed by atoms with Crippen molar-refractivity contribution < 1.29 is 13.3 Å². The summed E-state index contributed by atoms with van der Waals surface area (Å²) in [6.45, 7) is 11.8. The molecule has 4 aromatic rings. The summed E-state index contributed by atoms with van der Waals surface area (Å²) in [5.41, 5.74) is 7.35. The summed E-state index contributed by atoms with van der Waals surface area (Å²) >= 11 is 0. The van der Waals surface area contributed by atoms with Gasteiger partial charge in [-0.2, -0.15) is 4.31 Å². The van der Waals surface area contributed by atoms with Crippen LogP contribution in [0.3, 0.4) is 0 Å². The van der Waals surface area contributed by atoms with Gasteiger partial charge in [0.1, 0.15) is 6.54 Å². The Morgan fingerprint density at radius 2 is 1.26 bits per heavy atom. The molecule has 0 unspecified atom stereocenters. The summed E-state index contributed by atoms with van der Waals surface area (Å²) in [4.78, 5) is 1.91. The average Bonchev–Trinajstić information content (AvgIpc) is 2.86. The Morgan fingerprint density at radius 1 is 0.711 bits per heavy atom. The van der Waals surface area contributed by atoms with Gasteiger partial charge in [0.2, 0.25) is 10.0 Å². The van der Waals surface area contributed by atoms with Crippen molar-refractivity contribution in [1.29, 1.82) is 0 Å². The van der Waals surface area contributed by atoms with Crippen molar-refractivity contribution in [3.63, 3.8) is 0 Å². The van der Waals surface area contributed by atoms with E-state index in [2.05, 4.69) is 64.1 Å². The lowest BCUT2D eigenvalue weighted by molar-refractivity contribution is -0.919. The van der Waals surface area contributed by atoms with Crippen LogP contribution in [0.4, 0.5) is 0 Å². The molecule has 5 heteroatoms. The highest BCUT2D eigenvalue weighted by Crippen LogP contribution is 2.28.